The summed E-state index contributed by atoms with van der Waals surface area (Å²) < 4.78 is 34.3. The van der Waals surface area contributed by atoms with E-state index in [1.807, 2.05) is 0 Å². The molecule has 2 rings (SSSR count). The van der Waals surface area contributed by atoms with Crippen molar-refractivity contribution in [3.05, 3.63) is 29.8 Å². The maximum absolute atomic E-state index is 12.4. The van der Waals surface area contributed by atoms with Crippen LogP contribution in [-0.4, -0.2) is 25.2 Å². The predicted molar refractivity (Wildman–Crippen MR) is 68.6 cm³/mol. The van der Waals surface area contributed by atoms with Gasteiger partial charge in [0.15, 0.2) is 0 Å². The van der Waals surface area contributed by atoms with Crippen LogP contribution in [0.1, 0.15) is 31.4 Å². The molecule has 1 aromatic rings. The fraction of sp³-hybridized carbons (Fsp3) is 0.500. The molecule has 0 aliphatic heterocycles. The van der Waals surface area contributed by atoms with Gasteiger partial charge in [-0.2, -0.15) is 8.78 Å². The Morgan fingerprint density at radius 2 is 2.10 bits per heavy atom. The number of alkyl halides is 2. The smallest absolute Gasteiger partial charge is 0.387 e. The van der Waals surface area contributed by atoms with Crippen LogP contribution in [0.5, 0.6) is 5.75 Å². The lowest BCUT2D eigenvalue weighted by atomic mass is 10.1. The molecule has 1 atom stereocenters. The maximum atomic E-state index is 12.4. The van der Waals surface area contributed by atoms with E-state index in [2.05, 4.69) is 10.1 Å². The minimum atomic E-state index is -2.93. The average molecular weight is 285 g/mol. The highest BCUT2D eigenvalue weighted by atomic mass is 19.3. The number of hydrogen-bond acceptors (Lipinski definition) is 4. The number of nitrogens with one attached hydrogen (secondary N) is 1. The van der Waals surface area contributed by atoms with Gasteiger partial charge in [0, 0.05) is 11.6 Å². The molecule has 0 bridgehead atoms. The highest BCUT2D eigenvalue weighted by Gasteiger charge is 2.32. The first kappa shape index (κ1) is 14.7. The summed E-state index contributed by atoms with van der Waals surface area (Å²) in [6.45, 7) is -0.993. The molecule has 0 radical (unpaired) electrons. The van der Waals surface area contributed by atoms with Gasteiger partial charge in [-0.25, -0.2) is 4.79 Å². The van der Waals surface area contributed by atoms with Gasteiger partial charge >= 0.3 is 12.6 Å². The average Bonchev–Trinajstić information content (AvgIpc) is 3.20. The van der Waals surface area contributed by atoms with Crippen molar-refractivity contribution >= 4 is 5.97 Å². The van der Waals surface area contributed by atoms with Crippen molar-refractivity contribution in [1.29, 1.82) is 0 Å². The summed E-state index contributed by atoms with van der Waals surface area (Å²) in [5.74, 6) is -0.488. The molecule has 1 saturated carbocycles. The van der Waals surface area contributed by atoms with Crippen LogP contribution < -0.4 is 10.1 Å². The third kappa shape index (κ3) is 3.90. The number of carbonyl (C=O) groups excluding carboxylic acids is 1. The molecule has 1 aliphatic carbocycles. The van der Waals surface area contributed by atoms with Crippen molar-refractivity contribution in [2.45, 2.75) is 38.5 Å². The minimum absolute atomic E-state index is 0.00583. The predicted octanol–water partition coefficient (Wildman–Crippen LogP) is 2.64. The van der Waals surface area contributed by atoms with Gasteiger partial charge in [0.25, 0.3) is 0 Å². The number of ether oxygens (including phenoxy) is 2. The van der Waals surface area contributed by atoms with E-state index in [4.69, 9.17) is 4.74 Å². The fourth-order valence-corrected chi connectivity index (χ4v) is 1.92. The van der Waals surface area contributed by atoms with Gasteiger partial charge in [0.05, 0.1) is 6.61 Å². The summed E-state index contributed by atoms with van der Waals surface area (Å²) in [5, 5.41) is 3.11. The molecular formula is C14H17F2NO3. The second kappa shape index (κ2) is 6.65. The van der Waals surface area contributed by atoms with Gasteiger partial charge in [0.2, 0.25) is 0 Å². The molecule has 1 fully saturated rings. The summed E-state index contributed by atoms with van der Waals surface area (Å²) in [6.07, 6.45) is 1.93. The van der Waals surface area contributed by atoms with Crippen LogP contribution in [0.15, 0.2) is 24.3 Å². The molecule has 0 amide bonds. The van der Waals surface area contributed by atoms with E-state index in [0.717, 1.165) is 12.8 Å². The third-order valence-electron chi connectivity index (χ3n) is 2.95. The van der Waals surface area contributed by atoms with E-state index in [-0.39, 0.29) is 18.4 Å². The van der Waals surface area contributed by atoms with Gasteiger partial charge in [-0.05, 0) is 25.8 Å². The zero-order chi connectivity index (χ0) is 14.5. The lowest BCUT2D eigenvalue weighted by Crippen LogP contribution is -2.32. The molecule has 6 heteroatoms. The highest BCUT2D eigenvalue weighted by molar-refractivity contribution is 5.78. The Bertz CT molecular complexity index is 463. The molecule has 0 aromatic heterocycles. The SMILES string of the molecule is CCOC(=O)C(NC1CC1)c1ccccc1OC(F)F. The minimum Gasteiger partial charge on any atom is -0.465 e. The zero-order valence-electron chi connectivity index (χ0n) is 11.1. The molecule has 20 heavy (non-hydrogen) atoms. The first-order valence-corrected chi connectivity index (χ1v) is 6.58. The second-order valence-corrected chi connectivity index (χ2v) is 4.54. The molecule has 1 aliphatic rings. The van der Waals surface area contributed by atoms with Crippen LogP contribution in [0.4, 0.5) is 8.78 Å². The van der Waals surface area contributed by atoms with Crippen LogP contribution in [-0.2, 0) is 9.53 Å². The Balaban J connectivity index is 2.24. The number of carbonyl (C=O) groups is 1. The molecule has 0 saturated heterocycles. The Morgan fingerprint density at radius 1 is 1.40 bits per heavy atom. The van der Waals surface area contributed by atoms with Crippen LogP contribution in [0.2, 0.25) is 0 Å². The van der Waals surface area contributed by atoms with Crippen molar-refractivity contribution < 1.29 is 23.0 Å². The van der Waals surface area contributed by atoms with Crippen molar-refractivity contribution in [2.24, 2.45) is 0 Å². The number of para-hydroxylation sites is 1. The normalized spacial score (nSPS) is 16.0. The van der Waals surface area contributed by atoms with E-state index in [0.29, 0.717) is 5.56 Å². The van der Waals surface area contributed by atoms with Gasteiger partial charge in [-0.1, -0.05) is 18.2 Å². The molecule has 1 unspecified atom stereocenters. The first-order chi connectivity index (χ1) is 9.61. The molecule has 1 N–H and O–H groups in total. The topological polar surface area (TPSA) is 47.6 Å². The summed E-state index contributed by atoms with van der Waals surface area (Å²) in [4.78, 5) is 12.0. The molecular weight excluding hydrogens is 268 g/mol. The van der Waals surface area contributed by atoms with E-state index in [1.54, 1.807) is 25.1 Å². The zero-order valence-corrected chi connectivity index (χ0v) is 11.1. The highest BCUT2D eigenvalue weighted by Crippen LogP contribution is 2.31. The number of benzene rings is 1. The van der Waals surface area contributed by atoms with Crippen LogP contribution in [0, 0.1) is 0 Å². The fourth-order valence-electron chi connectivity index (χ4n) is 1.92. The number of halogens is 2. The van der Waals surface area contributed by atoms with Crippen molar-refractivity contribution in [3.63, 3.8) is 0 Å². The van der Waals surface area contributed by atoms with Crippen LogP contribution >= 0.6 is 0 Å². The summed E-state index contributed by atoms with van der Waals surface area (Å²) >= 11 is 0. The summed E-state index contributed by atoms with van der Waals surface area (Å²) in [7, 11) is 0. The quantitative estimate of drug-likeness (QED) is 0.782. The third-order valence-corrected chi connectivity index (χ3v) is 2.95. The molecule has 110 valence electrons. The van der Waals surface area contributed by atoms with Crippen molar-refractivity contribution in [3.8, 4) is 5.75 Å². The summed E-state index contributed by atoms with van der Waals surface area (Å²) in [6, 6.07) is 5.72. The number of hydrogen-bond donors (Lipinski definition) is 1. The molecule has 0 spiro atoms. The van der Waals surface area contributed by atoms with Gasteiger partial charge in [0.1, 0.15) is 11.8 Å². The van der Waals surface area contributed by atoms with E-state index in [1.165, 1.54) is 6.07 Å². The number of rotatable bonds is 7. The van der Waals surface area contributed by atoms with Crippen molar-refractivity contribution in [2.75, 3.05) is 6.61 Å². The molecule has 0 heterocycles. The Labute approximate surface area is 116 Å². The Kier molecular flexibility index (Phi) is 4.89. The van der Waals surface area contributed by atoms with Gasteiger partial charge in [-0.3, -0.25) is 5.32 Å². The van der Waals surface area contributed by atoms with E-state index < -0.39 is 18.6 Å². The Morgan fingerprint density at radius 3 is 2.70 bits per heavy atom. The monoisotopic (exact) mass is 285 g/mol. The second-order valence-electron chi connectivity index (χ2n) is 4.54. The summed E-state index contributed by atoms with van der Waals surface area (Å²) in [5.41, 5.74) is 0.373. The van der Waals surface area contributed by atoms with Gasteiger partial charge < -0.3 is 9.47 Å². The van der Waals surface area contributed by atoms with Crippen molar-refractivity contribution in [1.82, 2.24) is 5.32 Å². The van der Waals surface area contributed by atoms with E-state index >= 15 is 0 Å². The molecule has 1 aromatic carbocycles. The van der Waals surface area contributed by atoms with E-state index in [9.17, 15) is 13.6 Å². The Hall–Kier alpha value is -1.69. The largest absolute Gasteiger partial charge is 0.465 e. The van der Waals surface area contributed by atoms with Crippen LogP contribution in [0.3, 0.4) is 0 Å². The van der Waals surface area contributed by atoms with Gasteiger partial charge in [-0.15, -0.1) is 0 Å². The lowest BCUT2D eigenvalue weighted by molar-refractivity contribution is -0.146. The molecule has 4 nitrogen and oxygen atoms in total. The first-order valence-electron chi connectivity index (χ1n) is 6.58. The van der Waals surface area contributed by atoms with Crippen LogP contribution in [0.25, 0.3) is 0 Å². The maximum Gasteiger partial charge on any atom is 0.387 e. The standard InChI is InChI=1S/C14H17F2NO3/c1-2-19-13(18)12(17-9-7-8-9)10-5-3-4-6-11(10)20-14(15)16/h3-6,9,12,14,17H,2,7-8H2,1H3. The number of esters is 1. The lowest BCUT2D eigenvalue weighted by Gasteiger charge is -2.20.